The highest BCUT2D eigenvalue weighted by molar-refractivity contribution is 6.07. The molecular weight excluding hydrogens is 341 g/mol. The number of hydrogen-bond donors (Lipinski definition) is 1. The summed E-state index contributed by atoms with van der Waals surface area (Å²) in [5.41, 5.74) is 2.10. The van der Waals surface area contributed by atoms with Gasteiger partial charge in [-0.05, 0) is 29.7 Å². The second kappa shape index (κ2) is 5.91. The third-order valence-electron chi connectivity index (χ3n) is 4.79. The number of fused-ring (bicyclic) bond motifs is 2. The molecule has 0 saturated carbocycles. The van der Waals surface area contributed by atoms with Gasteiger partial charge >= 0.3 is 0 Å². The minimum absolute atomic E-state index is 0.0434. The van der Waals surface area contributed by atoms with Crippen molar-refractivity contribution < 1.29 is 18.9 Å². The van der Waals surface area contributed by atoms with Crippen LogP contribution >= 0.6 is 0 Å². The molecule has 2 amide bonds. The number of carbonyl (C=O) groups is 2. The van der Waals surface area contributed by atoms with Crippen LogP contribution in [0.2, 0.25) is 0 Å². The van der Waals surface area contributed by atoms with Gasteiger partial charge < -0.3 is 10.2 Å². The van der Waals surface area contributed by atoms with Crippen LogP contribution in [0.25, 0.3) is 0 Å². The summed E-state index contributed by atoms with van der Waals surface area (Å²) in [6, 6.07) is 8.39. The molecule has 0 spiro atoms. The molecule has 2 heterocycles. The maximum Gasteiger partial charge on any atom is 0.271 e. The molecule has 2 aromatic rings. The molecule has 0 aliphatic carbocycles. The number of nitro groups is 1. The van der Waals surface area contributed by atoms with Gasteiger partial charge in [0, 0.05) is 30.8 Å². The first-order chi connectivity index (χ1) is 12.4. The van der Waals surface area contributed by atoms with E-state index in [4.69, 9.17) is 0 Å². The van der Waals surface area contributed by atoms with Crippen molar-refractivity contribution in [1.29, 1.82) is 0 Å². The maximum atomic E-state index is 13.5. The van der Waals surface area contributed by atoms with E-state index in [-0.39, 0.29) is 29.6 Å². The Morgan fingerprint density at radius 3 is 2.85 bits per heavy atom. The molecule has 1 atom stereocenters. The van der Waals surface area contributed by atoms with Crippen LogP contribution in [0.5, 0.6) is 0 Å². The van der Waals surface area contributed by atoms with Crippen molar-refractivity contribution in [3.8, 4) is 0 Å². The summed E-state index contributed by atoms with van der Waals surface area (Å²) in [7, 11) is 0. The van der Waals surface area contributed by atoms with E-state index in [1.54, 1.807) is 6.07 Å². The minimum Gasteiger partial charge on any atom is -0.326 e. The Morgan fingerprint density at radius 2 is 2.08 bits per heavy atom. The summed E-state index contributed by atoms with van der Waals surface area (Å²) in [6.45, 7) is 0.393. The number of non-ortho nitro benzene ring substituents is 1. The molecule has 4 rings (SSSR count). The van der Waals surface area contributed by atoms with Gasteiger partial charge in [0.05, 0.1) is 16.5 Å². The molecule has 0 bridgehead atoms. The fraction of sp³-hybridized carbons (Fsp3) is 0.222. The van der Waals surface area contributed by atoms with Crippen LogP contribution in [0.4, 0.5) is 21.5 Å². The molecule has 7 nitrogen and oxygen atoms in total. The molecule has 2 aliphatic heterocycles. The number of anilines is 2. The highest BCUT2D eigenvalue weighted by atomic mass is 19.1. The molecule has 2 aliphatic rings. The predicted octanol–water partition coefficient (Wildman–Crippen LogP) is 2.75. The van der Waals surface area contributed by atoms with Crippen LogP contribution in [-0.2, 0) is 16.0 Å². The number of halogens is 1. The lowest BCUT2D eigenvalue weighted by atomic mass is 9.89. The van der Waals surface area contributed by atoms with Gasteiger partial charge in [0.2, 0.25) is 11.8 Å². The largest absolute Gasteiger partial charge is 0.326 e. The first kappa shape index (κ1) is 16.2. The van der Waals surface area contributed by atoms with E-state index in [2.05, 4.69) is 5.32 Å². The van der Waals surface area contributed by atoms with Gasteiger partial charge in [-0.1, -0.05) is 12.1 Å². The lowest BCUT2D eigenvalue weighted by Crippen LogP contribution is -2.37. The molecule has 0 radical (unpaired) electrons. The molecule has 1 N–H and O–H groups in total. The Hall–Kier alpha value is -3.29. The van der Waals surface area contributed by atoms with E-state index < -0.39 is 16.7 Å². The Bertz CT molecular complexity index is 959. The average Bonchev–Trinajstić information content (AvgIpc) is 3.03. The van der Waals surface area contributed by atoms with Crippen LogP contribution in [0.3, 0.4) is 0 Å². The van der Waals surface area contributed by atoms with E-state index in [1.807, 2.05) is 0 Å². The second-order valence-corrected chi connectivity index (χ2v) is 6.35. The molecular formula is C18H14FN3O4. The van der Waals surface area contributed by atoms with Crippen molar-refractivity contribution in [2.75, 3.05) is 16.8 Å². The number of nitrogens with one attached hydrogen (secondary N) is 1. The van der Waals surface area contributed by atoms with Crippen LogP contribution in [-0.4, -0.2) is 23.3 Å². The van der Waals surface area contributed by atoms with Gasteiger partial charge in [0.25, 0.3) is 5.69 Å². The number of amides is 2. The third-order valence-corrected chi connectivity index (χ3v) is 4.79. The number of rotatable bonds is 2. The standard InChI is InChI=1S/C18H14FN3O4/c19-11-2-4-13-14(9-17(23)20-15(13)7-11)18(24)21-6-5-10-1-3-12(22(25)26)8-16(10)21/h1-4,7-8,14H,5-6,9H2,(H,20,23). The van der Waals surface area contributed by atoms with Crippen molar-refractivity contribution in [3.05, 3.63) is 63.5 Å². The summed E-state index contributed by atoms with van der Waals surface area (Å²) >= 11 is 0. The lowest BCUT2D eigenvalue weighted by Gasteiger charge is -2.28. The fourth-order valence-corrected chi connectivity index (χ4v) is 3.56. The Labute approximate surface area is 147 Å². The quantitative estimate of drug-likeness (QED) is 0.662. The van der Waals surface area contributed by atoms with E-state index >= 15 is 0 Å². The van der Waals surface area contributed by atoms with Crippen molar-refractivity contribution >= 4 is 28.9 Å². The van der Waals surface area contributed by atoms with Gasteiger partial charge in [-0.15, -0.1) is 0 Å². The molecule has 0 fully saturated rings. The van der Waals surface area contributed by atoms with Crippen molar-refractivity contribution in [2.24, 2.45) is 0 Å². The monoisotopic (exact) mass is 355 g/mol. The summed E-state index contributed by atoms with van der Waals surface area (Å²) < 4.78 is 13.5. The molecule has 8 heteroatoms. The average molecular weight is 355 g/mol. The summed E-state index contributed by atoms with van der Waals surface area (Å²) in [5, 5.41) is 13.6. The normalized spacial score (nSPS) is 18.1. The predicted molar refractivity (Wildman–Crippen MR) is 91.5 cm³/mol. The van der Waals surface area contributed by atoms with E-state index in [0.717, 1.165) is 5.56 Å². The fourth-order valence-electron chi connectivity index (χ4n) is 3.56. The SMILES string of the molecule is O=C1CC(C(=O)N2CCc3ccc([N+](=O)[O-])cc32)c2ccc(F)cc2N1. The van der Waals surface area contributed by atoms with Crippen molar-refractivity contribution in [1.82, 2.24) is 0 Å². The van der Waals surface area contributed by atoms with Gasteiger partial charge in [-0.25, -0.2) is 4.39 Å². The topological polar surface area (TPSA) is 92.5 Å². The zero-order valence-corrected chi connectivity index (χ0v) is 13.6. The zero-order valence-electron chi connectivity index (χ0n) is 13.6. The van der Waals surface area contributed by atoms with Crippen LogP contribution in [0.15, 0.2) is 36.4 Å². The summed E-state index contributed by atoms with van der Waals surface area (Å²) in [6.07, 6.45) is 0.548. The van der Waals surface area contributed by atoms with Crippen molar-refractivity contribution in [2.45, 2.75) is 18.8 Å². The number of benzene rings is 2. The summed E-state index contributed by atoms with van der Waals surface area (Å²) in [4.78, 5) is 37.1. The van der Waals surface area contributed by atoms with Gasteiger partial charge in [0.15, 0.2) is 0 Å². The van der Waals surface area contributed by atoms with E-state index in [1.165, 1.54) is 35.2 Å². The maximum absolute atomic E-state index is 13.5. The molecule has 26 heavy (non-hydrogen) atoms. The molecule has 0 aromatic heterocycles. The zero-order chi connectivity index (χ0) is 18.4. The van der Waals surface area contributed by atoms with Crippen LogP contribution in [0, 0.1) is 15.9 Å². The molecule has 2 aromatic carbocycles. The van der Waals surface area contributed by atoms with Crippen LogP contribution in [0.1, 0.15) is 23.5 Å². The Kier molecular flexibility index (Phi) is 3.68. The Balaban J connectivity index is 1.72. The van der Waals surface area contributed by atoms with E-state index in [9.17, 15) is 24.1 Å². The van der Waals surface area contributed by atoms with Crippen molar-refractivity contribution in [3.63, 3.8) is 0 Å². The second-order valence-electron chi connectivity index (χ2n) is 6.35. The highest BCUT2D eigenvalue weighted by Gasteiger charge is 2.36. The highest BCUT2D eigenvalue weighted by Crippen LogP contribution is 2.38. The first-order valence-corrected chi connectivity index (χ1v) is 8.12. The van der Waals surface area contributed by atoms with Crippen LogP contribution < -0.4 is 10.2 Å². The van der Waals surface area contributed by atoms with Gasteiger partial charge in [-0.3, -0.25) is 19.7 Å². The minimum atomic E-state index is -0.746. The third kappa shape index (κ3) is 2.59. The van der Waals surface area contributed by atoms with Gasteiger partial charge in [-0.2, -0.15) is 0 Å². The number of hydrogen-bond acceptors (Lipinski definition) is 4. The smallest absolute Gasteiger partial charge is 0.271 e. The number of nitro benzene ring substituents is 1. The molecule has 132 valence electrons. The van der Waals surface area contributed by atoms with Gasteiger partial charge in [0.1, 0.15) is 5.82 Å². The number of nitrogens with zero attached hydrogens (tertiary/aromatic N) is 2. The number of carbonyl (C=O) groups excluding carboxylic acids is 2. The molecule has 1 unspecified atom stereocenters. The molecule has 0 saturated heterocycles. The first-order valence-electron chi connectivity index (χ1n) is 8.12. The van der Waals surface area contributed by atoms with E-state index in [0.29, 0.717) is 24.2 Å². The Morgan fingerprint density at radius 1 is 1.27 bits per heavy atom. The summed E-state index contributed by atoms with van der Waals surface area (Å²) in [5.74, 6) is -1.92. The lowest BCUT2D eigenvalue weighted by molar-refractivity contribution is -0.384.